The third-order valence-corrected chi connectivity index (χ3v) is 5.64. The first-order valence-electron chi connectivity index (χ1n) is 11.4. The van der Waals surface area contributed by atoms with Crippen LogP contribution in [0.25, 0.3) is 0 Å². The Morgan fingerprint density at radius 2 is 2.00 bits per heavy atom. The molecule has 182 valence electrons. The first-order chi connectivity index (χ1) is 17.1. The zero-order chi connectivity index (χ0) is 24.2. The zero-order valence-corrected chi connectivity index (χ0v) is 19.2. The summed E-state index contributed by atoms with van der Waals surface area (Å²) in [5, 5.41) is 5.53. The van der Waals surface area contributed by atoms with Crippen LogP contribution in [0.3, 0.4) is 0 Å². The van der Waals surface area contributed by atoms with Crippen molar-refractivity contribution in [1.29, 1.82) is 0 Å². The van der Waals surface area contributed by atoms with Crippen LogP contribution in [0.1, 0.15) is 34.2 Å². The Kier molecular flexibility index (Phi) is 6.49. The zero-order valence-electron chi connectivity index (χ0n) is 19.2. The fraction of sp³-hybridized carbons (Fsp3) is 0.333. The van der Waals surface area contributed by atoms with Gasteiger partial charge in [-0.05, 0) is 31.5 Å². The Morgan fingerprint density at radius 1 is 1.17 bits per heavy atom. The van der Waals surface area contributed by atoms with Crippen LogP contribution >= 0.6 is 0 Å². The van der Waals surface area contributed by atoms with Crippen LogP contribution in [0.5, 0.6) is 11.5 Å². The lowest BCUT2D eigenvalue weighted by Gasteiger charge is -2.21. The molecule has 11 heteroatoms. The molecule has 0 bridgehead atoms. The molecule has 1 atom stereocenters. The summed E-state index contributed by atoms with van der Waals surface area (Å²) in [6.07, 6.45) is 5.41. The van der Waals surface area contributed by atoms with Crippen molar-refractivity contribution in [1.82, 2.24) is 9.97 Å². The molecule has 3 aromatic rings. The Morgan fingerprint density at radius 3 is 2.77 bits per heavy atom. The molecule has 2 amide bonds. The van der Waals surface area contributed by atoms with Gasteiger partial charge in [0.15, 0.2) is 17.2 Å². The molecule has 1 aromatic carbocycles. The number of carbonyl (C=O) groups excluding carboxylic acids is 2. The van der Waals surface area contributed by atoms with E-state index in [2.05, 4.69) is 20.6 Å². The van der Waals surface area contributed by atoms with Crippen LogP contribution in [0.2, 0.25) is 0 Å². The molecule has 2 aliphatic heterocycles. The summed E-state index contributed by atoms with van der Waals surface area (Å²) in [7, 11) is 0. The lowest BCUT2D eigenvalue weighted by molar-refractivity contribution is 0.0785. The van der Waals surface area contributed by atoms with Crippen LogP contribution in [0.4, 0.5) is 17.4 Å². The van der Waals surface area contributed by atoms with Crippen molar-refractivity contribution in [3.63, 3.8) is 0 Å². The number of fused-ring (bicyclic) bond motifs is 1. The third-order valence-electron chi connectivity index (χ3n) is 5.64. The molecule has 4 heterocycles. The number of oxazole rings is 1. The number of anilines is 3. The first-order valence-corrected chi connectivity index (χ1v) is 11.4. The molecule has 2 aromatic heterocycles. The van der Waals surface area contributed by atoms with Gasteiger partial charge >= 0.3 is 0 Å². The quantitative estimate of drug-likeness (QED) is 0.525. The van der Waals surface area contributed by atoms with E-state index in [9.17, 15) is 9.59 Å². The number of aromatic nitrogens is 2. The summed E-state index contributed by atoms with van der Waals surface area (Å²) in [6.45, 7) is 4.71. The maximum atomic E-state index is 13.1. The van der Waals surface area contributed by atoms with Gasteiger partial charge in [0.1, 0.15) is 19.5 Å². The number of nitrogens with one attached hydrogen (secondary N) is 2. The Bertz CT molecular complexity index is 1210. The largest absolute Gasteiger partial charge is 0.486 e. The van der Waals surface area contributed by atoms with Gasteiger partial charge in [0.2, 0.25) is 0 Å². The molecule has 2 aliphatic rings. The van der Waals surface area contributed by atoms with Crippen LogP contribution in [0, 0.1) is 0 Å². The smallest absolute Gasteiger partial charge is 0.298 e. The second-order valence-corrected chi connectivity index (χ2v) is 8.02. The average molecular weight is 479 g/mol. The first kappa shape index (κ1) is 22.7. The van der Waals surface area contributed by atoms with E-state index in [1.807, 2.05) is 11.8 Å². The number of carbonyl (C=O) groups is 2. The maximum absolute atomic E-state index is 13.1. The number of benzene rings is 1. The van der Waals surface area contributed by atoms with Gasteiger partial charge in [-0.1, -0.05) is 0 Å². The minimum atomic E-state index is -0.521. The van der Waals surface area contributed by atoms with E-state index in [4.69, 9.17) is 18.6 Å². The molecular formula is C24H25N5O6. The van der Waals surface area contributed by atoms with Crippen LogP contribution in [-0.2, 0) is 4.74 Å². The SMILES string of the molecule is CCO[C@H]1CCN(c2nc(C(=O)Nc3cc4c(cc3C(=O)Nc3cccnc3)OCCO4)co2)C1. The van der Waals surface area contributed by atoms with Crippen molar-refractivity contribution in [2.45, 2.75) is 19.4 Å². The van der Waals surface area contributed by atoms with E-state index in [0.29, 0.717) is 49.6 Å². The summed E-state index contributed by atoms with van der Waals surface area (Å²) in [6, 6.07) is 6.89. The second-order valence-electron chi connectivity index (χ2n) is 8.02. The van der Waals surface area contributed by atoms with Gasteiger partial charge in [0.05, 0.1) is 29.2 Å². The van der Waals surface area contributed by atoms with E-state index < -0.39 is 11.8 Å². The molecule has 0 spiro atoms. The van der Waals surface area contributed by atoms with Crippen LogP contribution in [0.15, 0.2) is 47.3 Å². The number of nitrogens with zero attached hydrogens (tertiary/aromatic N) is 3. The predicted octanol–water partition coefficient (Wildman–Crippen LogP) is 2.96. The highest BCUT2D eigenvalue weighted by Crippen LogP contribution is 2.36. The lowest BCUT2D eigenvalue weighted by atomic mass is 10.1. The highest BCUT2D eigenvalue weighted by Gasteiger charge is 2.27. The van der Waals surface area contributed by atoms with Gasteiger partial charge in [0, 0.05) is 32.0 Å². The molecule has 0 unspecified atom stereocenters. The number of ether oxygens (including phenoxy) is 3. The van der Waals surface area contributed by atoms with Crippen molar-refractivity contribution >= 4 is 29.2 Å². The summed E-state index contributed by atoms with van der Waals surface area (Å²) in [5.74, 6) is -0.102. The van der Waals surface area contributed by atoms with Gasteiger partial charge in [-0.3, -0.25) is 14.6 Å². The Balaban J connectivity index is 1.36. The van der Waals surface area contributed by atoms with Gasteiger partial charge < -0.3 is 34.2 Å². The summed E-state index contributed by atoms with van der Waals surface area (Å²) in [4.78, 5) is 36.4. The summed E-state index contributed by atoms with van der Waals surface area (Å²) < 4.78 is 22.5. The number of pyridine rings is 1. The van der Waals surface area contributed by atoms with Crippen molar-refractivity contribution in [3.05, 3.63) is 54.2 Å². The number of rotatable bonds is 7. The molecule has 0 aliphatic carbocycles. The fourth-order valence-corrected chi connectivity index (χ4v) is 3.99. The molecule has 5 rings (SSSR count). The Labute approximate surface area is 201 Å². The normalized spacial score (nSPS) is 16.7. The van der Waals surface area contributed by atoms with Gasteiger partial charge in [-0.25, -0.2) is 0 Å². The minimum absolute atomic E-state index is 0.0911. The van der Waals surface area contributed by atoms with E-state index in [-0.39, 0.29) is 23.0 Å². The third kappa shape index (κ3) is 5.04. The average Bonchev–Trinajstić information content (AvgIpc) is 3.54. The maximum Gasteiger partial charge on any atom is 0.298 e. The number of hydrogen-bond acceptors (Lipinski definition) is 9. The highest BCUT2D eigenvalue weighted by molar-refractivity contribution is 6.12. The standard InChI is InChI=1S/C24H25N5O6/c1-2-32-16-5-7-29(13-16)24-28-19(14-35-24)23(31)27-18-11-21-20(33-8-9-34-21)10-17(18)22(30)26-15-4-3-6-25-12-15/h3-4,6,10-12,14,16H,2,5,7-9,13H2,1H3,(H,26,30)(H,27,31)/t16-/m0/s1. The number of hydrogen-bond donors (Lipinski definition) is 2. The molecule has 1 fully saturated rings. The van der Waals surface area contributed by atoms with Crippen LogP contribution in [-0.4, -0.2) is 60.8 Å². The second kappa shape index (κ2) is 10.0. The highest BCUT2D eigenvalue weighted by atomic mass is 16.6. The Hall–Kier alpha value is -4.12. The minimum Gasteiger partial charge on any atom is -0.486 e. The molecule has 0 saturated carbocycles. The molecule has 35 heavy (non-hydrogen) atoms. The topological polar surface area (TPSA) is 128 Å². The molecule has 2 N–H and O–H groups in total. The van der Waals surface area contributed by atoms with Gasteiger partial charge in [-0.15, -0.1) is 0 Å². The molecule has 1 saturated heterocycles. The van der Waals surface area contributed by atoms with Crippen molar-refractivity contribution in [2.75, 3.05) is 48.4 Å². The number of amides is 2. The molecular weight excluding hydrogens is 454 g/mol. The van der Waals surface area contributed by atoms with Crippen molar-refractivity contribution < 1.29 is 28.2 Å². The van der Waals surface area contributed by atoms with E-state index in [1.165, 1.54) is 12.5 Å². The lowest BCUT2D eigenvalue weighted by Crippen LogP contribution is -2.23. The van der Waals surface area contributed by atoms with E-state index in [1.54, 1.807) is 30.5 Å². The van der Waals surface area contributed by atoms with Crippen molar-refractivity contribution in [3.8, 4) is 11.5 Å². The summed E-state index contributed by atoms with van der Waals surface area (Å²) in [5.41, 5.74) is 1.06. The molecule has 11 nitrogen and oxygen atoms in total. The van der Waals surface area contributed by atoms with E-state index >= 15 is 0 Å². The van der Waals surface area contributed by atoms with Crippen molar-refractivity contribution in [2.24, 2.45) is 0 Å². The fourth-order valence-electron chi connectivity index (χ4n) is 3.99. The van der Waals surface area contributed by atoms with Gasteiger partial charge in [0.25, 0.3) is 17.8 Å². The monoisotopic (exact) mass is 479 g/mol. The molecule has 0 radical (unpaired) electrons. The summed E-state index contributed by atoms with van der Waals surface area (Å²) >= 11 is 0. The predicted molar refractivity (Wildman–Crippen MR) is 126 cm³/mol. The van der Waals surface area contributed by atoms with Crippen LogP contribution < -0.4 is 25.0 Å². The van der Waals surface area contributed by atoms with E-state index in [0.717, 1.165) is 13.0 Å². The van der Waals surface area contributed by atoms with Gasteiger partial charge in [-0.2, -0.15) is 4.98 Å².